The van der Waals surface area contributed by atoms with E-state index in [-0.39, 0.29) is 15.4 Å². The van der Waals surface area contributed by atoms with Crippen LogP contribution in [-0.2, 0) is 6.54 Å². The summed E-state index contributed by atoms with van der Waals surface area (Å²) in [6.45, 7) is 0.386. The molecule has 1 aromatic heterocycles. The van der Waals surface area contributed by atoms with Crippen LogP contribution in [0.15, 0.2) is 24.3 Å². The lowest BCUT2D eigenvalue weighted by molar-refractivity contribution is 0.0950. The van der Waals surface area contributed by atoms with Gasteiger partial charge in [-0.3, -0.25) is 4.79 Å². The third-order valence-electron chi connectivity index (χ3n) is 1.94. The Labute approximate surface area is 112 Å². The molecule has 0 aliphatic heterocycles. The molecule has 1 aromatic carbocycles. The van der Waals surface area contributed by atoms with Crippen molar-refractivity contribution in [2.24, 2.45) is 0 Å². The predicted octanol–water partition coefficient (Wildman–Crippen LogP) is 2.77. The van der Waals surface area contributed by atoms with E-state index in [1.54, 1.807) is 12.1 Å². The highest BCUT2D eigenvalue weighted by Crippen LogP contribution is 2.15. The summed E-state index contributed by atoms with van der Waals surface area (Å²) in [4.78, 5) is 11.6. The van der Waals surface area contributed by atoms with E-state index in [1.165, 1.54) is 0 Å². The van der Waals surface area contributed by atoms with Crippen molar-refractivity contribution >= 4 is 40.4 Å². The molecular weight excluding hydrogens is 281 g/mol. The number of nitrogens with zero attached hydrogens (tertiary/aromatic N) is 2. The van der Waals surface area contributed by atoms with Gasteiger partial charge in [0.2, 0.25) is 9.47 Å². The summed E-state index contributed by atoms with van der Waals surface area (Å²) < 4.78 is 0.248. The van der Waals surface area contributed by atoms with Gasteiger partial charge in [-0.25, -0.2) is 0 Å². The zero-order valence-electron chi connectivity index (χ0n) is 8.48. The normalized spacial score (nSPS) is 10.2. The van der Waals surface area contributed by atoms with Gasteiger partial charge in [0, 0.05) is 11.6 Å². The first-order chi connectivity index (χ1) is 8.15. The largest absolute Gasteiger partial charge is 0.346 e. The molecule has 88 valence electrons. The van der Waals surface area contributed by atoms with Crippen LogP contribution in [-0.4, -0.2) is 16.1 Å². The molecule has 0 aliphatic carbocycles. The topological polar surface area (TPSA) is 54.9 Å². The van der Waals surface area contributed by atoms with Gasteiger partial charge in [0.1, 0.15) is 0 Å². The first kappa shape index (κ1) is 12.3. The number of nitrogens with one attached hydrogen (secondary N) is 1. The highest BCUT2D eigenvalue weighted by atomic mass is 35.5. The van der Waals surface area contributed by atoms with E-state index in [4.69, 9.17) is 23.2 Å². The van der Waals surface area contributed by atoms with Gasteiger partial charge in [-0.05, 0) is 29.3 Å². The summed E-state index contributed by atoms with van der Waals surface area (Å²) in [5, 5.41) is 10.8. The number of hydrogen-bond acceptors (Lipinski definition) is 4. The summed E-state index contributed by atoms with van der Waals surface area (Å²) in [6.07, 6.45) is 0. The summed E-state index contributed by atoms with van der Waals surface area (Å²) in [5.74, 6) is -0.297. The van der Waals surface area contributed by atoms with Gasteiger partial charge in [0.25, 0.3) is 5.91 Å². The molecule has 1 N–H and O–H groups in total. The van der Waals surface area contributed by atoms with E-state index < -0.39 is 0 Å². The van der Waals surface area contributed by atoms with Crippen molar-refractivity contribution in [3.05, 3.63) is 44.3 Å². The molecule has 0 saturated heterocycles. The second-order valence-electron chi connectivity index (χ2n) is 3.17. The molecule has 1 amide bonds. The molecule has 4 nitrogen and oxygen atoms in total. The number of hydrogen-bond donors (Lipinski definition) is 1. The lowest BCUT2D eigenvalue weighted by atomic mass is 10.2. The van der Waals surface area contributed by atoms with Crippen LogP contribution in [0.5, 0.6) is 0 Å². The second-order valence-corrected chi connectivity index (χ2v) is 5.17. The SMILES string of the molecule is O=C(NCc1cccc(Cl)c1)c1nnc(Cl)s1. The maximum absolute atomic E-state index is 11.6. The Morgan fingerprint density at radius 3 is 2.82 bits per heavy atom. The fourth-order valence-corrected chi connectivity index (χ4v) is 2.16. The molecule has 7 heteroatoms. The third kappa shape index (κ3) is 3.39. The van der Waals surface area contributed by atoms with E-state index in [1.807, 2.05) is 12.1 Å². The van der Waals surface area contributed by atoms with Crippen molar-refractivity contribution in [1.29, 1.82) is 0 Å². The Morgan fingerprint density at radius 1 is 1.35 bits per heavy atom. The minimum absolute atomic E-state index is 0.247. The number of carbonyl (C=O) groups is 1. The van der Waals surface area contributed by atoms with Crippen molar-refractivity contribution in [3.8, 4) is 0 Å². The standard InChI is InChI=1S/C10H7Cl2N3OS/c11-7-3-1-2-6(4-7)5-13-8(16)9-14-15-10(12)17-9/h1-4H,5H2,(H,13,16). The smallest absolute Gasteiger partial charge is 0.282 e. The fraction of sp³-hybridized carbons (Fsp3) is 0.100. The lowest BCUT2D eigenvalue weighted by Gasteiger charge is -2.03. The van der Waals surface area contributed by atoms with Gasteiger partial charge in [-0.2, -0.15) is 0 Å². The summed E-state index contributed by atoms with van der Waals surface area (Å²) in [6, 6.07) is 7.26. The maximum atomic E-state index is 11.6. The number of carbonyl (C=O) groups excluding carboxylic acids is 1. The Balaban J connectivity index is 1.97. The highest BCUT2D eigenvalue weighted by Gasteiger charge is 2.11. The average Bonchev–Trinajstić information content (AvgIpc) is 2.73. The molecular formula is C10H7Cl2N3OS. The third-order valence-corrected chi connectivity index (χ3v) is 3.19. The number of benzene rings is 1. The fourth-order valence-electron chi connectivity index (χ4n) is 1.20. The lowest BCUT2D eigenvalue weighted by Crippen LogP contribution is -2.22. The molecule has 0 radical (unpaired) electrons. The highest BCUT2D eigenvalue weighted by molar-refractivity contribution is 7.17. The number of amides is 1. The zero-order valence-corrected chi connectivity index (χ0v) is 10.8. The molecule has 0 saturated carbocycles. The van der Waals surface area contributed by atoms with Gasteiger partial charge in [-0.1, -0.05) is 35.1 Å². The first-order valence-corrected chi connectivity index (χ1v) is 6.24. The molecule has 0 fully saturated rings. The molecule has 2 rings (SSSR count). The molecule has 0 spiro atoms. The van der Waals surface area contributed by atoms with Crippen LogP contribution in [0, 0.1) is 0 Å². The number of rotatable bonds is 3. The molecule has 1 heterocycles. The molecule has 0 bridgehead atoms. The minimum Gasteiger partial charge on any atom is -0.346 e. The van der Waals surface area contributed by atoms with Gasteiger partial charge in [0.05, 0.1) is 0 Å². The van der Waals surface area contributed by atoms with Crippen molar-refractivity contribution in [2.75, 3.05) is 0 Å². The van der Waals surface area contributed by atoms with E-state index in [0.717, 1.165) is 16.9 Å². The Bertz CT molecular complexity index is 544. The molecule has 0 aliphatic rings. The first-order valence-electron chi connectivity index (χ1n) is 4.67. The van der Waals surface area contributed by atoms with Crippen LogP contribution in [0.2, 0.25) is 9.49 Å². The monoisotopic (exact) mass is 287 g/mol. The van der Waals surface area contributed by atoms with E-state index in [0.29, 0.717) is 11.6 Å². The maximum Gasteiger partial charge on any atom is 0.282 e. The van der Waals surface area contributed by atoms with Crippen LogP contribution in [0.3, 0.4) is 0 Å². The Morgan fingerprint density at radius 2 is 2.18 bits per heavy atom. The van der Waals surface area contributed by atoms with Gasteiger partial charge in [-0.15, -0.1) is 10.2 Å². The van der Waals surface area contributed by atoms with Crippen molar-refractivity contribution in [1.82, 2.24) is 15.5 Å². The van der Waals surface area contributed by atoms with Crippen LogP contribution in [0.4, 0.5) is 0 Å². The van der Waals surface area contributed by atoms with Crippen LogP contribution in [0.1, 0.15) is 15.4 Å². The summed E-state index contributed by atoms with van der Waals surface area (Å²) in [5.41, 5.74) is 0.918. The Hall–Kier alpha value is -1.17. The van der Waals surface area contributed by atoms with Gasteiger partial charge in [0.15, 0.2) is 0 Å². The van der Waals surface area contributed by atoms with Crippen LogP contribution in [0.25, 0.3) is 0 Å². The minimum atomic E-state index is -0.297. The number of halogens is 2. The second kappa shape index (κ2) is 5.44. The van der Waals surface area contributed by atoms with E-state index in [9.17, 15) is 4.79 Å². The average molecular weight is 288 g/mol. The zero-order chi connectivity index (χ0) is 12.3. The van der Waals surface area contributed by atoms with Crippen molar-refractivity contribution in [3.63, 3.8) is 0 Å². The van der Waals surface area contributed by atoms with Gasteiger partial charge >= 0.3 is 0 Å². The Kier molecular flexibility index (Phi) is 3.93. The van der Waals surface area contributed by atoms with Crippen molar-refractivity contribution < 1.29 is 4.79 Å². The number of aromatic nitrogens is 2. The van der Waals surface area contributed by atoms with E-state index >= 15 is 0 Å². The van der Waals surface area contributed by atoms with Crippen LogP contribution >= 0.6 is 34.5 Å². The molecule has 17 heavy (non-hydrogen) atoms. The quantitative estimate of drug-likeness (QED) is 0.944. The molecule has 2 aromatic rings. The van der Waals surface area contributed by atoms with Crippen molar-refractivity contribution in [2.45, 2.75) is 6.54 Å². The summed E-state index contributed by atoms with van der Waals surface area (Å²) in [7, 11) is 0. The molecule has 0 unspecified atom stereocenters. The summed E-state index contributed by atoms with van der Waals surface area (Å²) >= 11 is 12.5. The van der Waals surface area contributed by atoms with Crippen LogP contribution < -0.4 is 5.32 Å². The van der Waals surface area contributed by atoms with E-state index in [2.05, 4.69) is 15.5 Å². The van der Waals surface area contributed by atoms with Gasteiger partial charge < -0.3 is 5.32 Å². The molecule has 0 atom stereocenters. The predicted molar refractivity (Wildman–Crippen MR) is 67.5 cm³/mol.